The number of rotatable bonds is 13. The minimum Gasteiger partial charge on any atom is -0.480 e. The highest BCUT2D eigenvalue weighted by atomic mass is 16.4. The summed E-state index contributed by atoms with van der Waals surface area (Å²) in [6, 6.07) is -4.33. The van der Waals surface area contributed by atoms with Gasteiger partial charge < -0.3 is 37.6 Å². The molecule has 162 valence electrons. The van der Waals surface area contributed by atoms with Gasteiger partial charge in [0.05, 0.1) is 12.6 Å². The van der Waals surface area contributed by atoms with E-state index in [2.05, 4.69) is 16.0 Å². The van der Waals surface area contributed by atoms with E-state index in [0.29, 0.717) is 19.4 Å². The number of aliphatic carboxylic acids is 1. The second kappa shape index (κ2) is 13.0. The molecular formula is C17H33N5O6. The number of unbranched alkanes of at least 4 members (excludes halogenated alkanes) is 1. The molecule has 0 spiro atoms. The van der Waals surface area contributed by atoms with Crippen LogP contribution in [0.1, 0.15) is 40.0 Å². The van der Waals surface area contributed by atoms with Gasteiger partial charge in [-0.25, -0.2) is 0 Å². The second-order valence-corrected chi connectivity index (χ2v) is 6.93. The Morgan fingerprint density at radius 1 is 0.893 bits per heavy atom. The Morgan fingerprint density at radius 2 is 1.43 bits per heavy atom. The molecule has 4 unspecified atom stereocenters. The molecule has 0 rings (SSSR count). The first-order valence-electron chi connectivity index (χ1n) is 9.25. The van der Waals surface area contributed by atoms with Crippen LogP contribution in [-0.4, -0.2) is 71.2 Å². The molecule has 0 saturated heterocycles. The number of aliphatic hydroxyl groups is 1. The maximum atomic E-state index is 12.4. The van der Waals surface area contributed by atoms with Gasteiger partial charge in [0.25, 0.3) is 0 Å². The Morgan fingerprint density at radius 3 is 1.89 bits per heavy atom. The Labute approximate surface area is 164 Å². The fraction of sp³-hybridized carbons (Fsp3) is 0.765. The second-order valence-electron chi connectivity index (χ2n) is 6.93. The van der Waals surface area contributed by atoms with Crippen molar-refractivity contribution in [3.63, 3.8) is 0 Å². The molecule has 4 atom stereocenters. The van der Waals surface area contributed by atoms with Crippen LogP contribution in [0, 0.1) is 5.92 Å². The zero-order valence-corrected chi connectivity index (χ0v) is 16.6. The van der Waals surface area contributed by atoms with Crippen LogP contribution in [0.2, 0.25) is 0 Å². The lowest BCUT2D eigenvalue weighted by Gasteiger charge is -2.24. The molecule has 0 aromatic heterocycles. The lowest BCUT2D eigenvalue weighted by atomic mass is 10.0. The van der Waals surface area contributed by atoms with Crippen LogP contribution >= 0.6 is 0 Å². The van der Waals surface area contributed by atoms with Crippen LogP contribution in [-0.2, 0) is 19.2 Å². The Hall–Kier alpha value is -2.24. The summed E-state index contributed by atoms with van der Waals surface area (Å²) in [6.45, 7) is 4.48. The Balaban J connectivity index is 5.08. The van der Waals surface area contributed by atoms with E-state index in [-0.39, 0.29) is 12.3 Å². The van der Waals surface area contributed by atoms with E-state index in [1.54, 1.807) is 13.8 Å². The molecule has 0 radical (unpaired) electrons. The maximum absolute atomic E-state index is 12.4. The molecule has 11 nitrogen and oxygen atoms in total. The third-order valence-corrected chi connectivity index (χ3v) is 4.15. The van der Waals surface area contributed by atoms with Crippen LogP contribution in [0.4, 0.5) is 0 Å². The van der Waals surface area contributed by atoms with Crippen LogP contribution < -0.4 is 27.4 Å². The highest BCUT2D eigenvalue weighted by molar-refractivity contribution is 5.94. The van der Waals surface area contributed by atoms with Crippen LogP contribution in [0.25, 0.3) is 0 Å². The smallest absolute Gasteiger partial charge is 0.325 e. The lowest BCUT2D eigenvalue weighted by molar-refractivity contribution is -0.142. The number of carboxylic acid groups (broad SMARTS) is 1. The van der Waals surface area contributed by atoms with Crippen molar-refractivity contribution in [3.05, 3.63) is 0 Å². The van der Waals surface area contributed by atoms with E-state index < -0.39 is 54.5 Å². The highest BCUT2D eigenvalue weighted by Crippen LogP contribution is 2.03. The Bertz CT molecular complexity index is 542. The maximum Gasteiger partial charge on any atom is 0.325 e. The minimum absolute atomic E-state index is 0.172. The Kier molecular flexibility index (Phi) is 12.0. The number of nitrogens with two attached hydrogens (primary N) is 2. The molecule has 11 heteroatoms. The molecular weight excluding hydrogens is 370 g/mol. The first-order chi connectivity index (χ1) is 13.0. The molecule has 9 N–H and O–H groups in total. The summed E-state index contributed by atoms with van der Waals surface area (Å²) in [4.78, 5) is 47.7. The molecule has 28 heavy (non-hydrogen) atoms. The van der Waals surface area contributed by atoms with Crippen molar-refractivity contribution in [1.82, 2.24) is 16.0 Å². The van der Waals surface area contributed by atoms with Crippen LogP contribution in [0.5, 0.6) is 0 Å². The number of nitrogens with one attached hydrogen (secondary N) is 3. The number of hydrogen-bond acceptors (Lipinski definition) is 7. The van der Waals surface area contributed by atoms with E-state index >= 15 is 0 Å². The van der Waals surface area contributed by atoms with Crippen molar-refractivity contribution in [2.45, 2.75) is 64.2 Å². The van der Waals surface area contributed by atoms with E-state index in [1.807, 2.05) is 0 Å². The van der Waals surface area contributed by atoms with Gasteiger partial charge in [0.2, 0.25) is 17.7 Å². The number of carbonyl (C=O) groups excluding carboxylic acids is 3. The molecule has 0 heterocycles. The zero-order valence-electron chi connectivity index (χ0n) is 16.6. The van der Waals surface area contributed by atoms with E-state index in [1.165, 1.54) is 6.92 Å². The molecule has 0 aromatic rings. The molecule has 0 bridgehead atoms. The zero-order chi connectivity index (χ0) is 21.9. The van der Waals surface area contributed by atoms with Crippen molar-refractivity contribution in [1.29, 1.82) is 0 Å². The summed E-state index contributed by atoms with van der Waals surface area (Å²) in [5.74, 6) is -3.45. The van der Waals surface area contributed by atoms with Gasteiger partial charge in [0.1, 0.15) is 18.1 Å². The predicted octanol–water partition coefficient (Wildman–Crippen LogP) is -2.35. The fourth-order valence-corrected chi connectivity index (χ4v) is 2.17. The summed E-state index contributed by atoms with van der Waals surface area (Å²) in [5, 5.41) is 25.4. The largest absolute Gasteiger partial charge is 0.480 e. The molecule has 0 aliphatic rings. The van der Waals surface area contributed by atoms with Crippen molar-refractivity contribution in [2.24, 2.45) is 17.4 Å². The summed E-state index contributed by atoms with van der Waals surface area (Å²) in [6.07, 6.45) is 1.35. The van der Waals surface area contributed by atoms with Crippen LogP contribution in [0.15, 0.2) is 0 Å². The van der Waals surface area contributed by atoms with Gasteiger partial charge >= 0.3 is 5.97 Å². The SMILES string of the molecule is CC(NC(=O)C(CCCCN)NC(=O)C(CO)NC(=O)C(N)C(C)C)C(=O)O. The third kappa shape index (κ3) is 9.11. The van der Waals surface area contributed by atoms with Gasteiger partial charge in [0, 0.05) is 0 Å². The summed E-state index contributed by atoms with van der Waals surface area (Å²) in [5.41, 5.74) is 11.2. The van der Waals surface area contributed by atoms with Crippen LogP contribution in [0.3, 0.4) is 0 Å². The molecule has 0 aliphatic carbocycles. The van der Waals surface area contributed by atoms with Gasteiger partial charge in [-0.2, -0.15) is 0 Å². The molecule has 0 fully saturated rings. The summed E-state index contributed by atoms with van der Waals surface area (Å²) >= 11 is 0. The van der Waals surface area contributed by atoms with Crippen molar-refractivity contribution in [3.8, 4) is 0 Å². The number of hydrogen-bond donors (Lipinski definition) is 7. The standard InChI is InChI=1S/C17H33N5O6/c1-9(2)13(19)16(26)22-12(8-23)15(25)21-11(6-4-5-7-18)14(24)20-10(3)17(27)28/h9-13,23H,4-8,18-19H2,1-3H3,(H,20,24)(H,21,25)(H,22,26)(H,27,28). The number of aliphatic hydroxyl groups excluding tert-OH is 1. The van der Waals surface area contributed by atoms with E-state index in [9.17, 15) is 24.3 Å². The first-order valence-corrected chi connectivity index (χ1v) is 9.25. The average molecular weight is 403 g/mol. The highest BCUT2D eigenvalue weighted by Gasteiger charge is 2.29. The number of carbonyl (C=O) groups is 4. The summed E-state index contributed by atoms with van der Waals surface area (Å²) in [7, 11) is 0. The van der Waals surface area contributed by atoms with Crippen molar-refractivity contribution >= 4 is 23.7 Å². The molecule has 0 aromatic carbocycles. The quantitative estimate of drug-likeness (QED) is 0.166. The predicted molar refractivity (Wildman–Crippen MR) is 102 cm³/mol. The number of carboxylic acids is 1. The topological polar surface area (TPSA) is 197 Å². The monoisotopic (exact) mass is 403 g/mol. The van der Waals surface area contributed by atoms with Gasteiger partial charge in [-0.05, 0) is 38.6 Å². The van der Waals surface area contributed by atoms with E-state index in [4.69, 9.17) is 16.6 Å². The minimum atomic E-state index is -1.29. The summed E-state index contributed by atoms with van der Waals surface area (Å²) < 4.78 is 0. The fourth-order valence-electron chi connectivity index (χ4n) is 2.17. The molecule has 0 saturated carbocycles. The van der Waals surface area contributed by atoms with Gasteiger partial charge in [-0.15, -0.1) is 0 Å². The molecule has 3 amide bonds. The van der Waals surface area contributed by atoms with Crippen molar-refractivity contribution < 1.29 is 29.4 Å². The average Bonchev–Trinajstić information content (AvgIpc) is 2.63. The number of amides is 3. The van der Waals surface area contributed by atoms with Gasteiger partial charge in [-0.3, -0.25) is 19.2 Å². The van der Waals surface area contributed by atoms with E-state index in [0.717, 1.165) is 0 Å². The normalized spacial score (nSPS) is 15.2. The van der Waals surface area contributed by atoms with Crippen molar-refractivity contribution in [2.75, 3.05) is 13.2 Å². The molecule has 0 aliphatic heterocycles. The first kappa shape index (κ1) is 25.8. The lowest BCUT2D eigenvalue weighted by Crippen LogP contribution is -2.58. The third-order valence-electron chi connectivity index (χ3n) is 4.15. The van der Waals surface area contributed by atoms with Gasteiger partial charge in [-0.1, -0.05) is 13.8 Å². The van der Waals surface area contributed by atoms with Gasteiger partial charge in [0.15, 0.2) is 0 Å².